The Labute approximate surface area is 123 Å². The third kappa shape index (κ3) is 3.49. The van der Waals surface area contributed by atoms with E-state index in [2.05, 4.69) is 20.3 Å². The number of ether oxygens (including phenoxy) is 1. The lowest BCUT2D eigenvalue weighted by atomic mass is 10.2. The molecule has 0 atom stereocenters. The molecular weight excluding hydrogens is 295 g/mol. The second kappa shape index (κ2) is 5.59. The number of nitrogens with one attached hydrogen (secondary N) is 2. The van der Waals surface area contributed by atoms with E-state index in [0.717, 1.165) is 22.2 Å². The zero-order valence-corrected chi connectivity index (χ0v) is 11.3. The topological polar surface area (TPSA) is 49.9 Å². The molecule has 4 nitrogen and oxygen atoms in total. The van der Waals surface area contributed by atoms with Crippen molar-refractivity contribution in [3.05, 3.63) is 54.2 Å². The van der Waals surface area contributed by atoms with Crippen LogP contribution in [0, 0.1) is 0 Å². The molecule has 2 N–H and O–H groups in total. The normalized spacial score (nSPS) is 11.6. The smallest absolute Gasteiger partial charge is 0.406 e. The van der Waals surface area contributed by atoms with Crippen molar-refractivity contribution in [2.75, 3.05) is 5.32 Å². The predicted octanol–water partition coefficient (Wildman–Crippen LogP) is 4.07. The van der Waals surface area contributed by atoms with Gasteiger partial charge in [-0.15, -0.1) is 13.2 Å². The van der Waals surface area contributed by atoms with Crippen LogP contribution < -0.4 is 10.1 Å². The Morgan fingerprint density at radius 2 is 1.86 bits per heavy atom. The van der Waals surface area contributed by atoms with Gasteiger partial charge >= 0.3 is 6.36 Å². The summed E-state index contributed by atoms with van der Waals surface area (Å²) < 4.78 is 40.0. The molecule has 0 aliphatic heterocycles. The second-order valence-corrected chi connectivity index (χ2v) is 4.72. The van der Waals surface area contributed by atoms with Gasteiger partial charge in [0, 0.05) is 17.6 Å². The number of H-pyrrole nitrogens is 1. The van der Waals surface area contributed by atoms with E-state index in [1.165, 1.54) is 12.1 Å². The van der Waals surface area contributed by atoms with E-state index in [-0.39, 0.29) is 5.75 Å². The largest absolute Gasteiger partial charge is 0.573 e. The molecular formula is C15H12F3N3O. The summed E-state index contributed by atoms with van der Waals surface area (Å²) in [6, 6.07) is 11.5. The van der Waals surface area contributed by atoms with Crippen molar-refractivity contribution < 1.29 is 17.9 Å². The lowest BCUT2D eigenvalue weighted by molar-refractivity contribution is -0.274. The van der Waals surface area contributed by atoms with Gasteiger partial charge in [0.2, 0.25) is 0 Å². The molecule has 0 aliphatic rings. The first kappa shape index (κ1) is 14.2. The van der Waals surface area contributed by atoms with Gasteiger partial charge in [-0.25, -0.2) is 0 Å². The number of fused-ring (bicyclic) bond motifs is 1. The Morgan fingerprint density at radius 3 is 2.59 bits per heavy atom. The standard InChI is InChI=1S/C15H12F3N3O/c16-15(17,18)22-13-4-1-10(2-5-13)8-19-12-3-6-14-11(7-12)9-20-21-14/h1-7,9,19H,8H2,(H,20,21). The second-order valence-electron chi connectivity index (χ2n) is 4.72. The first-order valence-electron chi connectivity index (χ1n) is 6.51. The molecule has 22 heavy (non-hydrogen) atoms. The summed E-state index contributed by atoms with van der Waals surface area (Å²) in [5.41, 5.74) is 2.70. The molecule has 114 valence electrons. The average Bonchev–Trinajstić information content (AvgIpc) is 2.92. The number of hydrogen-bond acceptors (Lipinski definition) is 3. The van der Waals surface area contributed by atoms with Crippen LogP contribution in [0.1, 0.15) is 5.56 Å². The molecule has 0 spiro atoms. The van der Waals surface area contributed by atoms with Gasteiger partial charge < -0.3 is 10.1 Å². The van der Waals surface area contributed by atoms with Crippen LogP contribution in [0.2, 0.25) is 0 Å². The SMILES string of the molecule is FC(F)(F)Oc1ccc(CNc2ccc3[nH]ncc3c2)cc1. The van der Waals surface area contributed by atoms with Crippen LogP contribution in [0.15, 0.2) is 48.7 Å². The van der Waals surface area contributed by atoms with E-state index < -0.39 is 6.36 Å². The summed E-state index contributed by atoms with van der Waals surface area (Å²) >= 11 is 0. The highest BCUT2D eigenvalue weighted by molar-refractivity contribution is 5.81. The van der Waals surface area contributed by atoms with Crippen LogP contribution in [0.4, 0.5) is 18.9 Å². The molecule has 0 fully saturated rings. The number of rotatable bonds is 4. The van der Waals surface area contributed by atoms with Gasteiger partial charge in [0.15, 0.2) is 0 Å². The fraction of sp³-hybridized carbons (Fsp3) is 0.133. The number of benzene rings is 2. The van der Waals surface area contributed by atoms with Crippen molar-refractivity contribution in [1.29, 1.82) is 0 Å². The van der Waals surface area contributed by atoms with Crippen molar-refractivity contribution in [2.24, 2.45) is 0 Å². The van der Waals surface area contributed by atoms with E-state index in [9.17, 15) is 13.2 Å². The van der Waals surface area contributed by atoms with Gasteiger partial charge in [-0.05, 0) is 35.9 Å². The first-order chi connectivity index (χ1) is 10.5. The van der Waals surface area contributed by atoms with Gasteiger partial charge in [-0.1, -0.05) is 12.1 Å². The maximum atomic E-state index is 12.1. The van der Waals surface area contributed by atoms with Crippen LogP contribution in [0.3, 0.4) is 0 Å². The van der Waals surface area contributed by atoms with Crippen LogP contribution in [0.5, 0.6) is 5.75 Å². The Bertz CT molecular complexity index is 766. The quantitative estimate of drug-likeness (QED) is 0.764. The fourth-order valence-electron chi connectivity index (χ4n) is 2.07. The van der Waals surface area contributed by atoms with Crippen molar-refractivity contribution >= 4 is 16.6 Å². The molecule has 1 aromatic heterocycles. The maximum Gasteiger partial charge on any atom is 0.573 e. The van der Waals surface area contributed by atoms with Gasteiger partial charge in [-0.3, -0.25) is 5.10 Å². The van der Waals surface area contributed by atoms with Crippen LogP contribution in [-0.2, 0) is 6.54 Å². The van der Waals surface area contributed by atoms with Crippen molar-refractivity contribution in [3.63, 3.8) is 0 Å². The monoisotopic (exact) mass is 307 g/mol. The number of aromatic nitrogens is 2. The summed E-state index contributed by atoms with van der Waals surface area (Å²) in [5, 5.41) is 11.0. The molecule has 0 unspecified atom stereocenters. The third-order valence-corrected chi connectivity index (χ3v) is 3.09. The Kier molecular flexibility index (Phi) is 3.62. The summed E-state index contributed by atoms with van der Waals surface area (Å²) in [6.07, 6.45) is -2.94. The Morgan fingerprint density at radius 1 is 1.09 bits per heavy atom. The lowest BCUT2D eigenvalue weighted by Gasteiger charge is -2.10. The van der Waals surface area contributed by atoms with Crippen LogP contribution in [-0.4, -0.2) is 16.6 Å². The number of halogens is 3. The molecule has 0 saturated carbocycles. The fourth-order valence-corrected chi connectivity index (χ4v) is 2.07. The zero-order valence-electron chi connectivity index (χ0n) is 11.3. The van der Waals surface area contributed by atoms with E-state index in [1.54, 1.807) is 18.3 Å². The van der Waals surface area contributed by atoms with Crippen molar-refractivity contribution in [1.82, 2.24) is 10.2 Å². The van der Waals surface area contributed by atoms with Crippen molar-refractivity contribution in [3.8, 4) is 5.75 Å². The van der Waals surface area contributed by atoms with Gasteiger partial charge in [0.05, 0.1) is 11.7 Å². The van der Waals surface area contributed by atoms with Gasteiger partial charge in [0.25, 0.3) is 0 Å². The highest BCUT2D eigenvalue weighted by Gasteiger charge is 2.30. The number of alkyl halides is 3. The molecule has 0 radical (unpaired) electrons. The average molecular weight is 307 g/mol. The highest BCUT2D eigenvalue weighted by Crippen LogP contribution is 2.23. The molecule has 3 rings (SSSR count). The van der Waals surface area contributed by atoms with E-state index in [0.29, 0.717) is 6.54 Å². The van der Waals surface area contributed by atoms with E-state index >= 15 is 0 Å². The number of aromatic amines is 1. The highest BCUT2D eigenvalue weighted by atomic mass is 19.4. The number of hydrogen-bond donors (Lipinski definition) is 2. The summed E-state index contributed by atoms with van der Waals surface area (Å²) in [4.78, 5) is 0. The van der Waals surface area contributed by atoms with Crippen LogP contribution in [0.25, 0.3) is 10.9 Å². The van der Waals surface area contributed by atoms with Crippen molar-refractivity contribution in [2.45, 2.75) is 12.9 Å². The molecule has 3 aromatic rings. The Hall–Kier alpha value is -2.70. The third-order valence-electron chi connectivity index (χ3n) is 3.09. The van der Waals surface area contributed by atoms with Gasteiger partial charge in [-0.2, -0.15) is 5.10 Å². The predicted molar refractivity (Wildman–Crippen MR) is 76.5 cm³/mol. The minimum atomic E-state index is -4.67. The van der Waals surface area contributed by atoms with E-state index in [4.69, 9.17) is 0 Å². The molecule has 0 aliphatic carbocycles. The molecule has 0 bridgehead atoms. The van der Waals surface area contributed by atoms with E-state index in [1.807, 2.05) is 18.2 Å². The minimum absolute atomic E-state index is 0.226. The molecule has 0 saturated heterocycles. The summed E-state index contributed by atoms with van der Waals surface area (Å²) in [5.74, 6) is -0.226. The Balaban J connectivity index is 1.63. The maximum absolute atomic E-state index is 12.1. The number of anilines is 1. The zero-order chi connectivity index (χ0) is 15.6. The molecule has 7 heteroatoms. The van der Waals surface area contributed by atoms with Gasteiger partial charge in [0.1, 0.15) is 5.75 Å². The summed E-state index contributed by atoms with van der Waals surface area (Å²) in [6.45, 7) is 0.496. The first-order valence-corrected chi connectivity index (χ1v) is 6.51. The number of nitrogens with zero attached hydrogens (tertiary/aromatic N) is 1. The molecule has 0 amide bonds. The van der Waals surface area contributed by atoms with Crippen LogP contribution >= 0.6 is 0 Å². The molecule has 1 heterocycles. The molecule has 2 aromatic carbocycles. The minimum Gasteiger partial charge on any atom is -0.406 e. The summed E-state index contributed by atoms with van der Waals surface area (Å²) in [7, 11) is 0. The lowest BCUT2D eigenvalue weighted by Crippen LogP contribution is -2.17.